The summed E-state index contributed by atoms with van der Waals surface area (Å²) >= 11 is 3.52. The first-order chi connectivity index (χ1) is 8.77. The third kappa shape index (κ3) is 1.82. The fraction of sp³-hybridized carbons (Fsp3) is 0.250. The highest BCUT2D eigenvalue weighted by atomic mass is 79.9. The molecule has 1 aromatic heterocycles. The number of hydrogen-bond acceptors (Lipinski definition) is 4. The summed E-state index contributed by atoms with van der Waals surface area (Å²) in [6.45, 7) is 1.29. The molecule has 0 aliphatic carbocycles. The van der Waals surface area contributed by atoms with Gasteiger partial charge in [0.1, 0.15) is 5.82 Å². The maximum Gasteiger partial charge on any atom is 0.170 e. The second-order valence-corrected chi connectivity index (χ2v) is 4.85. The molecular weight excluding hydrogens is 298 g/mol. The third-order valence-electron chi connectivity index (χ3n) is 2.80. The third-order valence-corrected chi connectivity index (χ3v) is 3.46. The summed E-state index contributed by atoms with van der Waals surface area (Å²) in [5, 5.41) is 6.67. The molecule has 5 nitrogen and oxygen atoms in total. The quantitative estimate of drug-likeness (QED) is 0.849. The maximum atomic E-state index is 5.88. The normalized spacial score (nSPS) is 14.3. The van der Waals surface area contributed by atoms with E-state index in [0.717, 1.165) is 33.5 Å². The molecule has 18 heavy (non-hydrogen) atoms. The number of nitrogen functional groups attached to an aromatic ring is 1. The van der Waals surface area contributed by atoms with Gasteiger partial charge >= 0.3 is 0 Å². The Bertz CT molecular complexity index is 583. The largest absolute Gasteiger partial charge is 0.490 e. The number of rotatable bonds is 1. The number of nitrogens with two attached hydrogens (primary N) is 1. The van der Waals surface area contributed by atoms with Crippen molar-refractivity contribution in [3.63, 3.8) is 0 Å². The van der Waals surface area contributed by atoms with Crippen molar-refractivity contribution in [3.05, 3.63) is 22.8 Å². The van der Waals surface area contributed by atoms with Crippen LogP contribution in [-0.4, -0.2) is 23.4 Å². The van der Waals surface area contributed by atoms with Crippen LogP contribution in [0.4, 0.5) is 5.82 Å². The van der Waals surface area contributed by atoms with E-state index in [1.807, 2.05) is 12.1 Å². The first-order valence-electron chi connectivity index (χ1n) is 5.64. The van der Waals surface area contributed by atoms with Crippen molar-refractivity contribution in [1.29, 1.82) is 0 Å². The lowest BCUT2D eigenvalue weighted by molar-refractivity contribution is 0.297. The van der Waals surface area contributed by atoms with Crippen LogP contribution in [0.15, 0.2) is 22.8 Å². The molecular formula is C12H12BrN3O2. The lowest BCUT2D eigenvalue weighted by atomic mass is 10.1. The van der Waals surface area contributed by atoms with E-state index in [4.69, 9.17) is 15.2 Å². The number of halogens is 1. The molecule has 3 rings (SSSR count). The van der Waals surface area contributed by atoms with Crippen LogP contribution >= 0.6 is 15.9 Å². The summed E-state index contributed by atoms with van der Waals surface area (Å²) in [5.41, 5.74) is 7.56. The zero-order valence-electron chi connectivity index (χ0n) is 9.57. The monoisotopic (exact) mass is 309 g/mol. The zero-order chi connectivity index (χ0) is 12.5. The van der Waals surface area contributed by atoms with Crippen molar-refractivity contribution in [2.75, 3.05) is 18.9 Å². The predicted octanol–water partition coefficient (Wildman–Crippen LogP) is 2.58. The highest BCUT2D eigenvalue weighted by Gasteiger charge is 2.21. The zero-order valence-corrected chi connectivity index (χ0v) is 11.2. The van der Waals surface area contributed by atoms with Crippen LogP contribution in [0.2, 0.25) is 0 Å². The Balaban J connectivity index is 2.22. The van der Waals surface area contributed by atoms with Gasteiger partial charge in [-0.1, -0.05) is 15.9 Å². The Kier molecular flexibility index (Phi) is 2.87. The minimum atomic E-state index is 0.511. The molecule has 2 aromatic rings. The number of nitrogens with one attached hydrogen (secondary N) is 1. The summed E-state index contributed by atoms with van der Waals surface area (Å²) in [7, 11) is 0. The smallest absolute Gasteiger partial charge is 0.170 e. The van der Waals surface area contributed by atoms with Crippen LogP contribution in [0.5, 0.6) is 11.5 Å². The molecule has 0 bridgehead atoms. The lowest BCUT2D eigenvalue weighted by Gasteiger charge is -2.13. The second-order valence-electron chi connectivity index (χ2n) is 4.00. The lowest BCUT2D eigenvalue weighted by Crippen LogP contribution is -1.98. The van der Waals surface area contributed by atoms with Crippen molar-refractivity contribution < 1.29 is 9.47 Å². The minimum absolute atomic E-state index is 0.511. The van der Waals surface area contributed by atoms with Gasteiger partial charge in [0.25, 0.3) is 0 Å². The van der Waals surface area contributed by atoms with Gasteiger partial charge in [-0.15, -0.1) is 0 Å². The molecule has 0 spiro atoms. The summed E-state index contributed by atoms with van der Waals surface area (Å²) in [4.78, 5) is 0. The van der Waals surface area contributed by atoms with Crippen LogP contribution in [0.3, 0.4) is 0 Å². The van der Waals surface area contributed by atoms with Gasteiger partial charge in [0.2, 0.25) is 0 Å². The average molecular weight is 310 g/mol. The van der Waals surface area contributed by atoms with E-state index in [-0.39, 0.29) is 0 Å². The van der Waals surface area contributed by atoms with Gasteiger partial charge in [0, 0.05) is 22.0 Å². The summed E-state index contributed by atoms with van der Waals surface area (Å²) < 4.78 is 12.4. The Labute approximate surface area is 112 Å². The second kappa shape index (κ2) is 4.53. The molecule has 6 heteroatoms. The van der Waals surface area contributed by atoms with Crippen LogP contribution in [0.25, 0.3) is 11.1 Å². The van der Waals surface area contributed by atoms with Gasteiger partial charge in [-0.25, -0.2) is 0 Å². The Morgan fingerprint density at radius 3 is 2.89 bits per heavy atom. The molecule has 1 aliphatic rings. The van der Waals surface area contributed by atoms with Crippen molar-refractivity contribution in [2.24, 2.45) is 0 Å². The molecule has 1 aliphatic heterocycles. The Morgan fingerprint density at radius 1 is 1.28 bits per heavy atom. The molecule has 0 radical (unpaired) electrons. The van der Waals surface area contributed by atoms with Crippen molar-refractivity contribution in [3.8, 4) is 22.6 Å². The van der Waals surface area contributed by atoms with E-state index in [9.17, 15) is 0 Å². The van der Waals surface area contributed by atoms with E-state index in [2.05, 4.69) is 26.1 Å². The van der Waals surface area contributed by atoms with Gasteiger partial charge in [-0.2, -0.15) is 5.10 Å². The van der Waals surface area contributed by atoms with E-state index < -0.39 is 0 Å². The minimum Gasteiger partial charge on any atom is -0.490 e. The van der Waals surface area contributed by atoms with Crippen LogP contribution in [-0.2, 0) is 0 Å². The standard InChI is InChI=1S/C12H12BrN3O2/c13-8-2-3-9-11(18-5-1-4-17-9)10(8)7-6-15-16-12(7)14/h2-3,6H,1,4-5H2,(H3,14,15,16). The summed E-state index contributed by atoms with van der Waals surface area (Å²) in [6, 6.07) is 3.82. The molecule has 94 valence electrons. The number of H-pyrrole nitrogens is 1. The number of aromatic amines is 1. The topological polar surface area (TPSA) is 73.2 Å². The molecule has 0 atom stereocenters. The van der Waals surface area contributed by atoms with Gasteiger partial charge in [-0.3, -0.25) is 5.10 Å². The van der Waals surface area contributed by atoms with E-state index in [1.54, 1.807) is 6.20 Å². The number of fused-ring (bicyclic) bond motifs is 1. The number of ether oxygens (including phenoxy) is 2. The van der Waals surface area contributed by atoms with Gasteiger partial charge < -0.3 is 15.2 Å². The molecule has 1 aromatic carbocycles. The molecule has 0 saturated carbocycles. The van der Waals surface area contributed by atoms with E-state index in [1.165, 1.54) is 0 Å². The molecule has 2 heterocycles. The van der Waals surface area contributed by atoms with Gasteiger partial charge in [0.05, 0.1) is 19.4 Å². The summed E-state index contributed by atoms with van der Waals surface area (Å²) in [6.07, 6.45) is 2.55. The molecule has 0 unspecified atom stereocenters. The summed E-state index contributed by atoms with van der Waals surface area (Å²) in [5.74, 6) is 1.97. The van der Waals surface area contributed by atoms with Crippen LogP contribution < -0.4 is 15.2 Å². The molecule has 0 amide bonds. The predicted molar refractivity (Wildman–Crippen MR) is 71.7 cm³/mol. The van der Waals surface area contributed by atoms with Crippen LogP contribution in [0, 0.1) is 0 Å². The van der Waals surface area contributed by atoms with E-state index >= 15 is 0 Å². The highest BCUT2D eigenvalue weighted by molar-refractivity contribution is 9.10. The fourth-order valence-corrected chi connectivity index (χ4v) is 2.48. The average Bonchev–Trinajstić information content (AvgIpc) is 2.64. The molecule has 0 fully saturated rings. The number of hydrogen-bond donors (Lipinski definition) is 2. The molecule has 3 N–H and O–H groups in total. The fourth-order valence-electron chi connectivity index (χ4n) is 1.96. The van der Waals surface area contributed by atoms with Gasteiger partial charge in [0.15, 0.2) is 11.5 Å². The highest BCUT2D eigenvalue weighted by Crippen LogP contribution is 2.45. The Hall–Kier alpha value is -1.69. The SMILES string of the molecule is Nc1[nH]ncc1-c1c(Br)ccc2c1OCCCO2. The van der Waals surface area contributed by atoms with Crippen LogP contribution in [0.1, 0.15) is 6.42 Å². The van der Waals surface area contributed by atoms with Crippen molar-refractivity contribution >= 4 is 21.7 Å². The Morgan fingerprint density at radius 2 is 2.11 bits per heavy atom. The number of anilines is 1. The number of benzene rings is 1. The van der Waals surface area contributed by atoms with Crippen molar-refractivity contribution in [2.45, 2.75) is 6.42 Å². The number of nitrogens with zero attached hydrogens (tertiary/aromatic N) is 1. The first-order valence-corrected chi connectivity index (χ1v) is 6.44. The molecule has 0 saturated heterocycles. The first kappa shape index (κ1) is 11.4. The van der Waals surface area contributed by atoms with Gasteiger partial charge in [-0.05, 0) is 12.1 Å². The van der Waals surface area contributed by atoms with E-state index in [0.29, 0.717) is 19.0 Å². The maximum absolute atomic E-state index is 5.88. The number of aromatic nitrogens is 2. The van der Waals surface area contributed by atoms with Crippen molar-refractivity contribution in [1.82, 2.24) is 10.2 Å².